The quantitative estimate of drug-likeness (QED) is 0.461. The van der Waals surface area contributed by atoms with Crippen molar-refractivity contribution in [3.8, 4) is 11.4 Å². The molecule has 30 heavy (non-hydrogen) atoms. The first-order valence-electron chi connectivity index (χ1n) is 9.00. The summed E-state index contributed by atoms with van der Waals surface area (Å²) >= 11 is 0. The Bertz CT molecular complexity index is 1060. The third-order valence-electron chi connectivity index (χ3n) is 4.36. The van der Waals surface area contributed by atoms with Crippen LogP contribution < -0.4 is 4.74 Å². The lowest BCUT2D eigenvalue weighted by atomic mass is 10.2. The van der Waals surface area contributed by atoms with Crippen molar-refractivity contribution in [3.63, 3.8) is 0 Å². The van der Waals surface area contributed by atoms with Gasteiger partial charge in [-0.05, 0) is 55.5 Å². The third kappa shape index (κ3) is 4.68. The normalized spacial score (nSPS) is 11.2. The van der Waals surface area contributed by atoms with Gasteiger partial charge in [-0.1, -0.05) is 6.07 Å². The molecule has 0 saturated carbocycles. The summed E-state index contributed by atoms with van der Waals surface area (Å²) in [7, 11) is 1.67. The van der Waals surface area contributed by atoms with Gasteiger partial charge in [-0.15, -0.1) is 0 Å². The Kier molecular flexibility index (Phi) is 5.91. The van der Waals surface area contributed by atoms with E-state index in [9.17, 15) is 22.8 Å². The molecule has 0 aliphatic carbocycles. The average Bonchev–Trinajstić information content (AvgIpc) is 3.24. The summed E-state index contributed by atoms with van der Waals surface area (Å²) in [4.78, 5) is 26.1. The van der Waals surface area contributed by atoms with Gasteiger partial charge in [0.25, 0.3) is 5.91 Å². The van der Waals surface area contributed by atoms with Crippen LogP contribution in [0.4, 0.5) is 13.2 Å². The summed E-state index contributed by atoms with van der Waals surface area (Å²) in [5.41, 5.74) is -0.0603. The molecule has 9 heteroatoms. The molecule has 0 radical (unpaired) electrons. The number of carbonyl (C=O) groups is 2. The van der Waals surface area contributed by atoms with E-state index in [4.69, 9.17) is 4.74 Å². The zero-order valence-electron chi connectivity index (χ0n) is 16.2. The van der Waals surface area contributed by atoms with Gasteiger partial charge in [0.05, 0.1) is 11.3 Å². The number of amides is 1. The Balaban J connectivity index is 1.72. The lowest BCUT2D eigenvalue weighted by Crippen LogP contribution is -2.26. The molecule has 0 N–H and O–H groups in total. The predicted octanol–water partition coefficient (Wildman–Crippen LogP) is 4.20. The molecule has 0 atom stereocenters. The number of alkyl halides is 3. The number of benzene rings is 2. The molecule has 0 saturated heterocycles. The molecular formula is C21H18F3N3O3. The minimum absolute atomic E-state index is 0.197. The molecule has 0 fully saturated rings. The maximum atomic E-state index is 12.7. The molecule has 0 aliphatic rings. The van der Waals surface area contributed by atoms with Crippen LogP contribution in [0.2, 0.25) is 0 Å². The van der Waals surface area contributed by atoms with Crippen LogP contribution in [0.15, 0.2) is 60.8 Å². The first kappa shape index (κ1) is 21.1. The smallest absolute Gasteiger partial charge is 0.423 e. The first-order valence-corrected chi connectivity index (χ1v) is 9.00. The first-order chi connectivity index (χ1) is 14.2. The van der Waals surface area contributed by atoms with Gasteiger partial charge in [0.2, 0.25) is 0 Å². The lowest BCUT2D eigenvalue weighted by Gasteiger charge is -2.14. The highest BCUT2D eigenvalue weighted by atomic mass is 19.4. The number of hydrogen-bond acceptors (Lipinski definition) is 4. The Morgan fingerprint density at radius 2 is 1.77 bits per heavy atom. The van der Waals surface area contributed by atoms with Crippen molar-refractivity contribution in [2.24, 2.45) is 0 Å². The number of rotatable bonds is 5. The zero-order chi connectivity index (χ0) is 21.9. The van der Waals surface area contributed by atoms with E-state index in [1.807, 2.05) is 6.92 Å². The van der Waals surface area contributed by atoms with Crippen LogP contribution in [0, 0.1) is 0 Å². The minimum atomic E-state index is -4.53. The van der Waals surface area contributed by atoms with E-state index in [0.29, 0.717) is 17.8 Å². The average molecular weight is 417 g/mol. The monoisotopic (exact) mass is 417 g/mol. The second-order valence-electron chi connectivity index (χ2n) is 6.43. The van der Waals surface area contributed by atoms with E-state index in [1.165, 1.54) is 41.4 Å². The van der Waals surface area contributed by atoms with Gasteiger partial charge in [0, 0.05) is 25.4 Å². The Labute approximate surface area is 170 Å². The summed E-state index contributed by atoms with van der Waals surface area (Å²) in [6, 6.07) is 12.9. The van der Waals surface area contributed by atoms with Gasteiger partial charge < -0.3 is 9.64 Å². The molecule has 3 rings (SSSR count). The van der Waals surface area contributed by atoms with Crippen molar-refractivity contribution in [1.29, 1.82) is 0 Å². The predicted molar refractivity (Wildman–Crippen MR) is 103 cm³/mol. The Hall–Kier alpha value is -3.62. The second kappa shape index (κ2) is 8.40. The molecule has 156 valence electrons. The summed E-state index contributed by atoms with van der Waals surface area (Å²) in [6.45, 7) is 2.38. The van der Waals surface area contributed by atoms with Crippen LogP contribution in [0.25, 0.3) is 5.69 Å². The van der Waals surface area contributed by atoms with Gasteiger partial charge in [-0.3, -0.25) is 4.79 Å². The number of carbonyl (C=O) groups excluding carboxylic acids is 2. The number of halogens is 3. The number of esters is 1. The lowest BCUT2D eigenvalue weighted by molar-refractivity contribution is -0.141. The molecule has 1 heterocycles. The second-order valence-corrected chi connectivity index (χ2v) is 6.43. The summed E-state index contributed by atoms with van der Waals surface area (Å²) in [5, 5.41) is 3.48. The van der Waals surface area contributed by atoms with Crippen LogP contribution in [0.1, 0.15) is 33.3 Å². The van der Waals surface area contributed by atoms with Gasteiger partial charge >= 0.3 is 12.1 Å². The van der Waals surface area contributed by atoms with Crippen LogP contribution in [0.5, 0.6) is 5.75 Å². The number of ether oxygens (including phenoxy) is 1. The molecule has 0 spiro atoms. The molecule has 0 bridgehead atoms. The van der Waals surface area contributed by atoms with E-state index in [1.54, 1.807) is 25.2 Å². The van der Waals surface area contributed by atoms with E-state index < -0.39 is 17.8 Å². The maximum absolute atomic E-state index is 12.7. The van der Waals surface area contributed by atoms with E-state index in [-0.39, 0.29) is 17.2 Å². The highest BCUT2D eigenvalue weighted by Gasteiger charge is 2.33. The van der Waals surface area contributed by atoms with E-state index in [0.717, 1.165) is 10.7 Å². The summed E-state index contributed by atoms with van der Waals surface area (Å²) < 4.78 is 44.4. The van der Waals surface area contributed by atoms with Gasteiger partial charge in [-0.2, -0.15) is 18.3 Å². The third-order valence-corrected chi connectivity index (χ3v) is 4.36. The largest absolute Gasteiger partial charge is 0.435 e. The zero-order valence-corrected chi connectivity index (χ0v) is 16.2. The van der Waals surface area contributed by atoms with Crippen molar-refractivity contribution >= 4 is 11.9 Å². The SMILES string of the molecule is CCN(C)C(=O)c1cccc(OC(=O)c2ccc(-n3ccc(C(F)(F)F)n3)cc2)c1. The summed E-state index contributed by atoms with van der Waals surface area (Å²) in [6.07, 6.45) is -3.34. The molecule has 1 aromatic heterocycles. The van der Waals surface area contributed by atoms with Crippen molar-refractivity contribution in [2.45, 2.75) is 13.1 Å². The number of aromatic nitrogens is 2. The summed E-state index contributed by atoms with van der Waals surface area (Å²) in [5.74, 6) is -0.648. The van der Waals surface area contributed by atoms with Gasteiger partial charge in [0.15, 0.2) is 5.69 Å². The topological polar surface area (TPSA) is 64.4 Å². The molecular weight excluding hydrogens is 399 g/mol. The van der Waals surface area contributed by atoms with Crippen molar-refractivity contribution in [3.05, 3.63) is 77.6 Å². The van der Waals surface area contributed by atoms with Crippen molar-refractivity contribution in [1.82, 2.24) is 14.7 Å². The fourth-order valence-corrected chi connectivity index (χ4v) is 2.59. The van der Waals surface area contributed by atoms with Gasteiger partial charge in [-0.25, -0.2) is 9.48 Å². The Morgan fingerprint density at radius 1 is 1.07 bits per heavy atom. The molecule has 0 aliphatic heterocycles. The standard InChI is InChI=1S/C21H18F3N3O3/c1-3-26(2)19(28)15-5-4-6-17(13-15)30-20(29)14-7-9-16(10-8-14)27-12-11-18(25-27)21(22,23)24/h4-13H,3H2,1-2H3. The van der Waals surface area contributed by atoms with Crippen molar-refractivity contribution < 1.29 is 27.5 Å². The fourth-order valence-electron chi connectivity index (χ4n) is 2.59. The number of hydrogen-bond donors (Lipinski definition) is 0. The molecule has 3 aromatic rings. The highest BCUT2D eigenvalue weighted by molar-refractivity contribution is 5.95. The van der Waals surface area contributed by atoms with Crippen LogP contribution in [-0.2, 0) is 6.18 Å². The van der Waals surface area contributed by atoms with Crippen molar-refractivity contribution in [2.75, 3.05) is 13.6 Å². The van der Waals surface area contributed by atoms with E-state index >= 15 is 0 Å². The van der Waals surface area contributed by atoms with E-state index in [2.05, 4.69) is 5.10 Å². The maximum Gasteiger partial charge on any atom is 0.435 e. The number of nitrogens with zero attached hydrogens (tertiary/aromatic N) is 3. The Morgan fingerprint density at radius 3 is 2.37 bits per heavy atom. The van der Waals surface area contributed by atoms with Crippen LogP contribution in [0.3, 0.4) is 0 Å². The molecule has 0 unspecified atom stereocenters. The molecule has 2 aromatic carbocycles. The van der Waals surface area contributed by atoms with Gasteiger partial charge in [0.1, 0.15) is 5.75 Å². The minimum Gasteiger partial charge on any atom is -0.423 e. The molecule has 1 amide bonds. The van der Waals surface area contributed by atoms with Crippen LogP contribution in [-0.4, -0.2) is 40.1 Å². The molecule has 6 nitrogen and oxygen atoms in total. The van der Waals surface area contributed by atoms with Crippen LogP contribution >= 0.6 is 0 Å². The highest BCUT2D eigenvalue weighted by Crippen LogP contribution is 2.28. The fraction of sp³-hybridized carbons (Fsp3) is 0.190.